The molecule has 26 heavy (non-hydrogen) atoms. The molecular weight excluding hydrogens is 354 g/mol. The fourth-order valence-corrected chi connectivity index (χ4v) is 2.70. The van der Waals surface area contributed by atoms with Crippen LogP contribution in [0.4, 0.5) is 17.5 Å². The van der Waals surface area contributed by atoms with Gasteiger partial charge in [-0.3, -0.25) is 0 Å². The molecule has 0 saturated heterocycles. The number of benzene rings is 1. The van der Waals surface area contributed by atoms with Crippen LogP contribution in [0, 0.1) is 5.92 Å². The normalized spacial score (nSPS) is 12.5. The Hall–Kier alpha value is -2.45. The van der Waals surface area contributed by atoms with E-state index in [0.29, 0.717) is 34.5 Å². The Bertz CT molecular complexity index is 896. The first-order valence-corrected chi connectivity index (χ1v) is 8.90. The van der Waals surface area contributed by atoms with Gasteiger partial charge in [0.2, 0.25) is 5.95 Å². The molecule has 1 aromatic carbocycles. The van der Waals surface area contributed by atoms with Gasteiger partial charge in [-0.1, -0.05) is 36.7 Å². The highest BCUT2D eigenvalue weighted by molar-refractivity contribution is 6.30. The number of nitrogens with zero attached hydrogens (tertiary/aromatic N) is 5. The molecule has 0 radical (unpaired) electrons. The fraction of sp³-hybridized carbons (Fsp3) is 0.412. The fourth-order valence-electron chi connectivity index (χ4n) is 2.51. The lowest BCUT2D eigenvalue weighted by atomic mass is 10.1. The minimum absolute atomic E-state index is 0.0125. The maximum absolute atomic E-state index is 9.59. The van der Waals surface area contributed by atoms with Crippen molar-refractivity contribution < 1.29 is 5.11 Å². The van der Waals surface area contributed by atoms with Crippen LogP contribution in [-0.4, -0.2) is 42.7 Å². The maximum atomic E-state index is 9.59. The van der Waals surface area contributed by atoms with E-state index in [4.69, 9.17) is 11.6 Å². The molecule has 8 nitrogen and oxygen atoms in total. The zero-order valence-corrected chi connectivity index (χ0v) is 15.7. The van der Waals surface area contributed by atoms with Crippen LogP contribution < -0.4 is 10.6 Å². The summed E-state index contributed by atoms with van der Waals surface area (Å²) < 4.78 is 1.70. The van der Waals surface area contributed by atoms with Crippen LogP contribution in [0.5, 0.6) is 0 Å². The summed E-state index contributed by atoms with van der Waals surface area (Å²) in [7, 11) is 0. The zero-order chi connectivity index (χ0) is 18.7. The number of aliphatic hydroxyl groups excluding tert-OH is 1. The van der Waals surface area contributed by atoms with E-state index >= 15 is 0 Å². The molecule has 0 aliphatic carbocycles. The molecule has 3 N–H and O–H groups in total. The SMILES string of the molecule is CCn1nnc2c(Nc3cccc(Cl)c3)nc(NC(CO)C(C)C)nc21. The van der Waals surface area contributed by atoms with E-state index in [1.165, 1.54) is 0 Å². The van der Waals surface area contributed by atoms with Crippen molar-refractivity contribution in [2.24, 2.45) is 5.92 Å². The molecule has 2 heterocycles. The third-order valence-electron chi connectivity index (χ3n) is 4.07. The van der Waals surface area contributed by atoms with Crippen LogP contribution in [0.25, 0.3) is 11.2 Å². The lowest BCUT2D eigenvalue weighted by Crippen LogP contribution is -2.30. The van der Waals surface area contributed by atoms with Crippen molar-refractivity contribution in [1.82, 2.24) is 25.0 Å². The van der Waals surface area contributed by atoms with Crippen LogP contribution in [0.3, 0.4) is 0 Å². The Morgan fingerprint density at radius 1 is 1.27 bits per heavy atom. The predicted octanol–water partition coefficient (Wildman–Crippen LogP) is 3.07. The van der Waals surface area contributed by atoms with Gasteiger partial charge < -0.3 is 15.7 Å². The Morgan fingerprint density at radius 3 is 2.73 bits per heavy atom. The van der Waals surface area contributed by atoms with E-state index in [1.807, 2.05) is 32.9 Å². The molecule has 0 bridgehead atoms. The van der Waals surface area contributed by atoms with E-state index in [1.54, 1.807) is 16.8 Å². The van der Waals surface area contributed by atoms with Crippen molar-refractivity contribution in [2.45, 2.75) is 33.4 Å². The Kier molecular flexibility index (Phi) is 5.53. The summed E-state index contributed by atoms with van der Waals surface area (Å²) in [6.07, 6.45) is 0. The first-order valence-electron chi connectivity index (χ1n) is 8.53. The van der Waals surface area contributed by atoms with Gasteiger partial charge in [0, 0.05) is 17.3 Å². The molecule has 138 valence electrons. The summed E-state index contributed by atoms with van der Waals surface area (Å²) in [5.41, 5.74) is 1.98. The van der Waals surface area contributed by atoms with E-state index in [-0.39, 0.29) is 18.6 Å². The minimum atomic E-state index is -0.155. The van der Waals surface area contributed by atoms with Gasteiger partial charge in [-0.05, 0) is 31.0 Å². The summed E-state index contributed by atoms with van der Waals surface area (Å²) in [5, 5.41) is 25.0. The lowest BCUT2D eigenvalue weighted by molar-refractivity contribution is 0.248. The standard InChI is InChI=1S/C17H22ClN7O/c1-4-25-16-14(23-24-25)15(19-12-7-5-6-11(18)8-12)21-17(22-16)20-13(9-26)10(2)3/h5-8,10,13,26H,4,9H2,1-3H3,(H2,19,20,21,22). The third kappa shape index (κ3) is 3.86. The molecule has 0 fully saturated rings. The van der Waals surface area contributed by atoms with Gasteiger partial charge in [0.15, 0.2) is 17.0 Å². The second-order valence-electron chi connectivity index (χ2n) is 6.29. The number of aliphatic hydroxyl groups is 1. The number of aryl methyl sites for hydroxylation is 1. The largest absolute Gasteiger partial charge is 0.394 e. The molecular formula is C17H22ClN7O. The zero-order valence-electron chi connectivity index (χ0n) is 14.9. The summed E-state index contributed by atoms with van der Waals surface area (Å²) in [4.78, 5) is 9.07. The highest BCUT2D eigenvalue weighted by Gasteiger charge is 2.18. The average molecular weight is 376 g/mol. The molecule has 1 atom stereocenters. The number of halogens is 1. The van der Waals surface area contributed by atoms with Gasteiger partial charge in [0.05, 0.1) is 12.6 Å². The van der Waals surface area contributed by atoms with Crippen LogP contribution in [0.2, 0.25) is 5.02 Å². The smallest absolute Gasteiger partial charge is 0.227 e. The van der Waals surface area contributed by atoms with Crippen LogP contribution in [0.15, 0.2) is 24.3 Å². The highest BCUT2D eigenvalue weighted by Crippen LogP contribution is 2.25. The number of nitrogens with one attached hydrogen (secondary N) is 2. The molecule has 0 aliphatic rings. The highest BCUT2D eigenvalue weighted by atomic mass is 35.5. The molecule has 0 saturated carbocycles. The van der Waals surface area contributed by atoms with Gasteiger partial charge in [-0.15, -0.1) is 5.10 Å². The van der Waals surface area contributed by atoms with Crippen molar-refractivity contribution in [2.75, 3.05) is 17.2 Å². The summed E-state index contributed by atoms with van der Waals surface area (Å²) in [6, 6.07) is 7.19. The Morgan fingerprint density at radius 2 is 2.08 bits per heavy atom. The second kappa shape index (κ2) is 7.84. The summed E-state index contributed by atoms with van der Waals surface area (Å²) >= 11 is 6.06. The third-order valence-corrected chi connectivity index (χ3v) is 4.30. The van der Waals surface area contributed by atoms with Crippen molar-refractivity contribution in [3.05, 3.63) is 29.3 Å². The molecule has 1 unspecified atom stereocenters. The average Bonchev–Trinajstić information content (AvgIpc) is 3.02. The lowest BCUT2D eigenvalue weighted by Gasteiger charge is -2.20. The van der Waals surface area contributed by atoms with Crippen molar-refractivity contribution >= 4 is 40.2 Å². The molecule has 9 heteroatoms. The minimum Gasteiger partial charge on any atom is -0.394 e. The first-order chi connectivity index (χ1) is 12.5. The van der Waals surface area contributed by atoms with Crippen LogP contribution in [0.1, 0.15) is 20.8 Å². The van der Waals surface area contributed by atoms with E-state index in [0.717, 1.165) is 5.69 Å². The first kappa shape index (κ1) is 18.3. The molecule has 3 rings (SSSR count). The van der Waals surface area contributed by atoms with Crippen molar-refractivity contribution in [3.8, 4) is 0 Å². The topological polar surface area (TPSA) is 101 Å². The molecule has 0 spiro atoms. The van der Waals surface area contributed by atoms with Crippen LogP contribution in [-0.2, 0) is 6.54 Å². The molecule has 0 aliphatic heterocycles. The van der Waals surface area contributed by atoms with Crippen molar-refractivity contribution in [3.63, 3.8) is 0 Å². The van der Waals surface area contributed by atoms with Gasteiger partial charge in [-0.2, -0.15) is 9.97 Å². The van der Waals surface area contributed by atoms with Gasteiger partial charge in [-0.25, -0.2) is 4.68 Å². The molecule has 2 aromatic heterocycles. The van der Waals surface area contributed by atoms with Gasteiger partial charge in [0.25, 0.3) is 0 Å². The molecule has 3 aromatic rings. The monoisotopic (exact) mass is 375 g/mol. The van der Waals surface area contributed by atoms with E-state index in [9.17, 15) is 5.11 Å². The number of hydrogen-bond donors (Lipinski definition) is 3. The Balaban J connectivity index is 2.03. The second-order valence-corrected chi connectivity index (χ2v) is 6.72. The van der Waals surface area contributed by atoms with Crippen molar-refractivity contribution in [1.29, 1.82) is 0 Å². The molecule has 0 amide bonds. The number of aromatic nitrogens is 5. The summed E-state index contributed by atoms with van der Waals surface area (Å²) in [5.74, 6) is 1.16. The van der Waals surface area contributed by atoms with E-state index in [2.05, 4.69) is 30.9 Å². The quantitative estimate of drug-likeness (QED) is 0.583. The Labute approximate surface area is 156 Å². The van der Waals surface area contributed by atoms with E-state index < -0.39 is 0 Å². The number of anilines is 3. The van der Waals surface area contributed by atoms with Gasteiger partial charge >= 0.3 is 0 Å². The van der Waals surface area contributed by atoms with Gasteiger partial charge in [0.1, 0.15) is 0 Å². The van der Waals surface area contributed by atoms with Crippen LogP contribution >= 0.6 is 11.6 Å². The maximum Gasteiger partial charge on any atom is 0.227 e. The number of hydrogen-bond acceptors (Lipinski definition) is 7. The summed E-state index contributed by atoms with van der Waals surface area (Å²) in [6.45, 7) is 6.64. The predicted molar refractivity (Wildman–Crippen MR) is 103 cm³/mol. The number of rotatable bonds is 7. The number of fused-ring (bicyclic) bond motifs is 1.